The largest absolute Gasteiger partial charge is 0.493 e. The fourth-order valence-electron chi connectivity index (χ4n) is 4.72. The van der Waals surface area contributed by atoms with Gasteiger partial charge in [0.25, 0.3) is 5.69 Å². The molecule has 0 spiro atoms. The van der Waals surface area contributed by atoms with Crippen LogP contribution >= 0.6 is 0 Å². The van der Waals surface area contributed by atoms with E-state index in [9.17, 15) is 14.9 Å². The summed E-state index contributed by atoms with van der Waals surface area (Å²) in [7, 11) is 3.18. The van der Waals surface area contributed by atoms with Crippen molar-refractivity contribution in [3.63, 3.8) is 0 Å². The number of nitro benzene ring substituents is 1. The van der Waals surface area contributed by atoms with Crippen LogP contribution in [-0.4, -0.2) is 36.6 Å². The zero-order chi connectivity index (χ0) is 26.4. The minimum atomic E-state index is -0.409. The number of aryl methyl sites for hydroxylation is 1. The Morgan fingerprint density at radius 1 is 1.05 bits per heavy atom. The van der Waals surface area contributed by atoms with Gasteiger partial charge in [0.1, 0.15) is 0 Å². The minimum absolute atomic E-state index is 0.00505. The number of carbonyl (C=O) groups is 1. The van der Waals surface area contributed by atoms with Gasteiger partial charge in [-0.05, 0) is 47.2 Å². The lowest BCUT2D eigenvalue weighted by molar-refractivity contribution is -0.384. The molecule has 8 nitrogen and oxygen atoms in total. The van der Waals surface area contributed by atoms with Crippen molar-refractivity contribution in [3.8, 4) is 11.5 Å². The Kier molecular flexibility index (Phi) is 8.08. The number of nitrogens with one attached hydrogen (secondary N) is 2. The molecule has 8 heteroatoms. The maximum Gasteiger partial charge on any atom is 0.269 e. The van der Waals surface area contributed by atoms with Crippen LogP contribution in [0.1, 0.15) is 41.5 Å². The van der Waals surface area contributed by atoms with Gasteiger partial charge in [-0.15, -0.1) is 0 Å². The molecule has 1 unspecified atom stereocenters. The average Bonchev–Trinajstić information content (AvgIpc) is 3.35. The zero-order valence-electron chi connectivity index (χ0n) is 21.2. The third-order valence-corrected chi connectivity index (χ3v) is 6.65. The predicted octanol–water partition coefficient (Wildman–Crippen LogP) is 5.54. The number of amides is 1. The topological polar surface area (TPSA) is 106 Å². The summed E-state index contributed by atoms with van der Waals surface area (Å²) in [6, 6.07) is 18.3. The molecule has 0 saturated heterocycles. The summed E-state index contributed by atoms with van der Waals surface area (Å²) in [5.41, 5.74) is 4.90. The lowest BCUT2D eigenvalue weighted by Crippen LogP contribution is -2.27. The number of H-pyrrole nitrogens is 1. The van der Waals surface area contributed by atoms with Gasteiger partial charge >= 0.3 is 0 Å². The average molecular weight is 502 g/mol. The molecule has 0 aliphatic carbocycles. The third-order valence-electron chi connectivity index (χ3n) is 6.65. The van der Waals surface area contributed by atoms with Crippen molar-refractivity contribution in [1.29, 1.82) is 0 Å². The molecule has 3 aromatic carbocycles. The summed E-state index contributed by atoms with van der Waals surface area (Å²) in [6.45, 7) is 2.54. The molecule has 0 fully saturated rings. The summed E-state index contributed by atoms with van der Waals surface area (Å²) in [6.07, 6.45) is 3.58. The van der Waals surface area contributed by atoms with Crippen molar-refractivity contribution in [2.75, 3.05) is 20.8 Å². The van der Waals surface area contributed by atoms with E-state index < -0.39 is 4.92 Å². The molecule has 37 heavy (non-hydrogen) atoms. The lowest BCUT2D eigenvalue weighted by Gasteiger charge is -2.17. The summed E-state index contributed by atoms with van der Waals surface area (Å²) >= 11 is 0. The van der Waals surface area contributed by atoms with E-state index in [1.807, 2.05) is 42.6 Å². The van der Waals surface area contributed by atoms with E-state index in [2.05, 4.69) is 23.3 Å². The molecule has 1 heterocycles. The first kappa shape index (κ1) is 25.8. The Morgan fingerprint density at radius 3 is 2.57 bits per heavy atom. The fourth-order valence-corrected chi connectivity index (χ4v) is 4.72. The number of benzene rings is 3. The second-order valence-electron chi connectivity index (χ2n) is 8.84. The molecule has 0 aliphatic heterocycles. The lowest BCUT2D eigenvalue weighted by atomic mass is 9.87. The first-order chi connectivity index (χ1) is 17.9. The number of carbonyl (C=O) groups excluding carboxylic acids is 1. The molecule has 2 N–H and O–H groups in total. The third kappa shape index (κ3) is 5.74. The molecule has 0 radical (unpaired) electrons. The number of para-hydroxylation sites is 1. The number of hydrogen-bond acceptors (Lipinski definition) is 5. The van der Waals surface area contributed by atoms with Crippen molar-refractivity contribution in [2.24, 2.45) is 0 Å². The van der Waals surface area contributed by atoms with E-state index in [1.54, 1.807) is 26.4 Å². The van der Waals surface area contributed by atoms with Crippen LogP contribution in [0.3, 0.4) is 0 Å². The van der Waals surface area contributed by atoms with Crippen LogP contribution in [0.15, 0.2) is 66.9 Å². The van der Waals surface area contributed by atoms with Gasteiger partial charge in [-0.25, -0.2) is 0 Å². The zero-order valence-corrected chi connectivity index (χ0v) is 21.2. The number of ether oxygens (including phenoxy) is 2. The molecule has 192 valence electrons. The molecule has 0 saturated carbocycles. The molecule has 4 rings (SSSR count). The van der Waals surface area contributed by atoms with Crippen molar-refractivity contribution < 1.29 is 19.2 Å². The SMILES string of the molecule is CCc1cccc2c(C(CC(=O)NCCc3ccc(OC)c(OC)c3)c3cccc([N+](=O)[O-])c3)c[nH]c12. The van der Waals surface area contributed by atoms with E-state index in [0.717, 1.165) is 34.0 Å². The van der Waals surface area contributed by atoms with Crippen molar-refractivity contribution >= 4 is 22.5 Å². The maximum absolute atomic E-state index is 13.1. The second kappa shape index (κ2) is 11.6. The predicted molar refractivity (Wildman–Crippen MR) is 143 cm³/mol. The smallest absolute Gasteiger partial charge is 0.269 e. The van der Waals surface area contributed by atoms with Gasteiger partial charge in [0.05, 0.1) is 19.1 Å². The van der Waals surface area contributed by atoms with E-state index in [4.69, 9.17) is 9.47 Å². The van der Waals surface area contributed by atoms with Crippen LogP contribution in [0, 0.1) is 10.1 Å². The molecule has 1 atom stereocenters. The van der Waals surface area contributed by atoms with Gasteiger partial charge in [0.15, 0.2) is 11.5 Å². The molecule has 1 aromatic heterocycles. The fraction of sp³-hybridized carbons (Fsp3) is 0.276. The second-order valence-corrected chi connectivity index (χ2v) is 8.84. The van der Waals surface area contributed by atoms with Gasteiger partial charge in [-0.3, -0.25) is 14.9 Å². The number of non-ortho nitro benzene ring substituents is 1. The summed E-state index contributed by atoms with van der Waals surface area (Å²) in [5.74, 6) is 0.822. The standard InChI is InChI=1S/C29H31N3O5/c1-4-20-7-6-10-23-25(18-31-29(20)23)24(21-8-5-9-22(16-21)32(34)35)17-28(33)30-14-13-19-11-12-26(36-2)27(15-19)37-3/h5-12,15-16,18,24,31H,4,13-14,17H2,1-3H3,(H,30,33). The van der Waals surface area contributed by atoms with Gasteiger partial charge in [0, 0.05) is 48.1 Å². The highest BCUT2D eigenvalue weighted by Gasteiger charge is 2.23. The normalized spacial score (nSPS) is 11.8. The van der Waals surface area contributed by atoms with Gasteiger partial charge in [-0.1, -0.05) is 43.3 Å². The van der Waals surface area contributed by atoms with E-state index in [1.165, 1.54) is 11.6 Å². The molecule has 0 aliphatic rings. The van der Waals surface area contributed by atoms with Gasteiger partial charge in [0.2, 0.25) is 5.91 Å². The number of rotatable bonds is 11. The highest BCUT2D eigenvalue weighted by atomic mass is 16.6. The highest BCUT2D eigenvalue weighted by Crippen LogP contribution is 2.36. The summed E-state index contributed by atoms with van der Waals surface area (Å²) < 4.78 is 10.6. The minimum Gasteiger partial charge on any atom is -0.493 e. The molecule has 1 amide bonds. The van der Waals surface area contributed by atoms with Crippen LogP contribution < -0.4 is 14.8 Å². The summed E-state index contributed by atoms with van der Waals surface area (Å²) in [4.78, 5) is 27.5. The van der Waals surface area contributed by atoms with Gasteiger partial charge < -0.3 is 19.8 Å². The Balaban J connectivity index is 1.56. The van der Waals surface area contributed by atoms with Crippen molar-refractivity contribution in [1.82, 2.24) is 10.3 Å². The first-order valence-corrected chi connectivity index (χ1v) is 12.3. The van der Waals surface area contributed by atoms with Gasteiger partial charge in [-0.2, -0.15) is 0 Å². The number of hydrogen-bond donors (Lipinski definition) is 2. The highest BCUT2D eigenvalue weighted by molar-refractivity contribution is 5.88. The molecule has 4 aromatic rings. The monoisotopic (exact) mass is 501 g/mol. The number of aromatic nitrogens is 1. The van der Waals surface area contributed by atoms with E-state index in [0.29, 0.717) is 24.5 Å². The Bertz CT molecular complexity index is 1410. The van der Waals surface area contributed by atoms with Crippen molar-refractivity contribution in [3.05, 3.63) is 99.2 Å². The Labute approximate surface area is 215 Å². The number of nitrogens with zero attached hydrogens (tertiary/aromatic N) is 1. The van der Waals surface area contributed by atoms with E-state index >= 15 is 0 Å². The Morgan fingerprint density at radius 2 is 1.84 bits per heavy atom. The quantitative estimate of drug-likeness (QED) is 0.207. The maximum atomic E-state index is 13.1. The first-order valence-electron chi connectivity index (χ1n) is 12.3. The van der Waals surface area contributed by atoms with Crippen LogP contribution in [0.5, 0.6) is 11.5 Å². The van der Waals surface area contributed by atoms with Crippen molar-refractivity contribution in [2.45, 2.75) is 32.1 Å². The van der Waals surface area contributed by atoms with E-state index in [-0.39, 0.29) is 23.9 Å². The Hall–Kier alpha value is -4.33. The van der Waals surface area contributed by atoms with Crippen LogP contribution in [0.2, 0.25) is 0 Å². The molecular formula is C29H31N3O5. The van der Waals surface area contributed by atoms with Crippen LogP contribution in [0.4, 0.5) is 5.69 Å². The molecular weight excluding hydrogens is 470 g/mol. The molecule has 0 bridgehead atoms. The van der Waals surface area contributed by atoms with Crippen LogP contribution in [-0.2, 0) is 17.6 Å². The summed E-state index contributed by atoms with van der Waals surface area (Å²) in [5, 5.41) is 15.5. The van der Waals surface area contributed by atoms with Crippen LogP contribution in [0.25, 0.3) is 10.9 Å². The number of aromatic amines is 1. The number of methoxy groups -OCH3 is 2. The number of fused-ring (bicyclic) bond motifs is 1. The number of nitro groups is 1.